The maximum absolute atomic E-state index is 12.4. The number of esters is 2. The highest BCUT2D eigenvalue weighted by atomic mass is 31.2. The Bertz CT molecular complexity index is 1430. The molecule has 0 spiro atoms. The van der Waals surface area contributed by atoms with Gasteiger partial charge in [-0.2, -0.15) is 0 Å². The van der Waals surface area contributed by atoms with Gasteiger partial charge in [0, 0.05) is 12.8 Å². The standard InChI is InChI=1S/C56H95O10P/c1-3-5-7-9-11-13-15-17-19-21-23-25-26-28-30-32-34-36-38-40-42-44-46-48-56(60)66-54(50-58)52-64-67(61,62)63-51-53(49-57)65-55(59)47-45-43-41-39-37-35-33-31-29-27-24-22-20-18-16-14-12-10-8-6-4-2/h5-8,11-14,17-20,23-25,27,53-54,57-58H,3-4,9-10,15-16,21-22,26,28-52H2,1-2H3,(H,61,62)/b7-5-,8-6-,13-11-,14-12-,19-17-,20-18-,25-23-,27-24-. The lowest BCUT2D eigenvalue weighted by atomic mass is 10.0. The molecule has 0 saturated carbocycles. The number of allylic oxidation sites excluding steroid dienone is 16. The molecule has 3 N–H and O–H groups in total. The molecule has 0 rings (SSSR count). The summed E-state index contributed by atoms with van der Waals surface area (Å²) < 4.78 is 32.8. The van der Waals surface area contributed by atoms with Crippen LogP contribution in [0.3, 0.4) is 0 Å². The third kappa shape index (κ3) is 49.1. The van der Waals surface area contributed by atoms with Crippen molar-refractivity contribution in [3.8, 4) is 0 Å². The first-order valence-electron chi connectivity index (χ1n) is 26.2. The van der Waals surface area contributed by atoms with Crippen molar-refractivity contribution >= 4 is 19.8 Å². The molecule has 11 heteroatoms. The van der Waals surface area contributed by atoms with E-state index in [1.807, 2.05) is 0 Å². The Labute approximate surface area is 408 Å². The molecule has 0 radical (unpaired) electrons. The molecular formula is C56H95O10P. The Morgan fingerprint density at radius 2 is 0.657 bits per heavy atom. The molecule has 0 bridgehead atoms. The van der Waals surface area contributed by atoms with Gasteiger partial charge in [0.05, 0.1) is 26.4 Å². The number of ether oxygens (including phenoxy) is 2. The number of phosphoric acid groups is 1. The summed E-state index contributed by atoms with van der Waals surface area (Å²) in [7, 11) is -4.65. The van der Waals surface area contributed by atoms with Gasteiger partial charge in [-0.15, -0.1) is 0 Å². The smallest absolute Gasteiger partial charge is 0.457 e. The van der Waals surface area contributed by atoms with Crippen LogP contribution in [0.2, 0.25) is 0 Å². The van der Waals surface area contributed by atoms with Crippen molar-refractivity contribution in [2.75, 3.05) is 26.4 Å². The Morgan fingerprint density at radius 1 is 0.403 bits per heavy atom. The van der Waals surface area contributed by atoms with Gasteiger partial charge in [0.2, 0.25) is 0 Å². The summed E-state index contributed by atoms with van der Waals surface area (Å²) in [5.41, 5.74) is 0. The number of hydrogen-bond acceptors (Lipinski definition) is 9. The number of carbonyl (C=O) groups excluding carboxylic acids is 2. The Morgan fingerprint density at radius 3 is 0.940 bits per heavy atom. The fraction of sp³-hybridized carbons (Fsp3) is 0.679. The molecule has 3 atom stereocenters. The molecule has 0 aliphatic heterocycles. The highest BCUT2D eigenvalue weighted by Crippen LogP contribution is 2.43. The Kier molecular flexibility index (Phi) is 48.4. The van der Waals surface area contributed by atoms with E-state index >= 15 is 0 Å². The van der Waals surface area contributed by atoms with Crippen molar-refractivity contribution in [1.82, 2.24) is 0 Å². The van der Waals surface area contributed by atoms with Gasteiger partial charge in [-0.1, -0.05) is 201 Å². The van der Waals surface area contributed by atoms with E-state index in [9.17, 15) is 29.3 Å². The summed E-state index contributed by atoms with van der Waals surface area (Å²) in [5.74, 6) is -1.03. The van der Waals surface area contributed by atoms with Crippen LogP contribution in [0.5, 0.6) is 0 Å². The number of phosphoric ester groups is 1. The van der Waals surface area contributed by atoms with Crippen molar-refractivity contribution in [2.45, 2.75) is 219 Å². The summed E-state index contributed by atoms with van der Waals surface area (Å²) in [4.78, 5) is 34.7. The molecule has 384 valence electrons. The normalized spacial score (nSPS) is 14.4. The molecule has 3 unspecified atom stereocenters. The van der Waals surface area contributed by atoms with E-state index in [2.05, 4.69) is 111 Å². The number of aliphatic hydroxyl groups is 2. The summed E-state index contributed by atoms with van der Waals surface area (Å²) >= 11 is 0. The van der Waals surface area contributed by atoms with Crippen molar-refractivity contribution in [3.63, 3.8) is 0 Å². The zero-order valence-electron chi connectivity index (χ0n) is 42.1. The summed E-state index contributed by atoms with van der Waals surface area (Å²) in [6.07, 6.45) is 63.7. The van der Waals surface area contributed by atoms with Crippen molar-refractivity contribution in [2.24, 2.45) is 0 Å². The zero-order valence-corrected chi connectivity index (χ0v) is 43.0. The molecule has 0 fully saturated rings. The minimum Gasteiger partial charge on any atom is -0.457 e. The average molecular weight is 959 g/mol. The molecule has 0 aliphatic carbocycles. The van der Waals surface area contributed by atoms with Gasteiger partial charge in [0.15, 0.2) is 0 Å². The SMILES string of the molecule is CC/C=C\C/C=C\C/C=C\C/C=C\CCCCCCCCCCCCC(=O)OC(CO)COP(=O)(O)OCC(CO)OC(=O)CCCCCCCCCC/C=C\C/C=C\C/C=C\C/C=C\CC. The number of rotatable bonds is 48. The van der Waals surface area contributed by atoms with Gasteiger partial charge in [-0.25, -0.2) is 4.57 Å². The van der Waals surface area contributed by atoms with Crippen LogP contribution in [0, 0.1) is 0 Å². The summed E-state index contributed by atoms with van der Waals surface area (Å²) in [6.45, 7) is 1.98. The van der Waals surface area contributed by atoms with Crippen LogP contribution in [0.25, 0.3) is 0 Å². The van der Waals surface area contributed by atoms with Gasteiger partial charge >= 0.3 is 19.8 Å². The lowest BCUT2D eigenvalue weighted by molar-refractivity contribution is -0.153. The molecule has 0 aromatic heterocycles. The summed E-state index contributed by atoms with van der Waals surface area (Å²) in [6, 6.07) is 0. The molecule has 10 nitrogen and oxygen atoms in total. The second-order valence-corrected chi connectivity index (χ2v) is 18.5. The number of hydrogen-bond donors (Lipinski definition) is 3. The first-order valence-corrected chi connectivity index (χ1v) is 27.7. The molecule has 0 amide bonds. The van der Waals surface area contributed by atoms with E-state index in [0.29, 0.717) is 12.8 Å². The van der Waals surface area contributed by atoms with Gasteiger partial charge in [0.1, 0.15) is 12.2 Å². The second-order valence-electron chi connectivity index (χ2n) is 17.1. The van der Waals surface area contributed by atoms with E-state index in [1.54, 1.807) is 0 Å². The molecule has 0 aliphatic rings. The highest BCUT2D eigenvalue weighted by Gasteiger charge is 2.27. The predicted molar refractivity (Wildman–Crippen MR) is 279 cm³/mol. The first-order chi connectivity index (χ1) is 32.8. The van der Waals surface area contributed by atoms with E-state index < -0.39 is 58.4 Å². The molecular weight excluding hydrogens is 864 g/mol. The maximum atomic E-state index is 12.4. The van der Waals surface area contributed by atoms with Crippen molar-refractivity contribution in [3.05, 3.63) is 97.2 Å². The van der Waals surface area contributed by atoms with Crippen LogP contribution in [-0.4, -0.2) is 65.7 Å². The number of unbranched alkanes of at least 4 members (excludes halogenated alkanes) is 18. The average Bonchev–Trinajstić information content (AvgIpc) is 3.32. The molecule has 67 heavy (non-hydrogen) atoms. The fourth-order valence-electron chi connectivity index (χ4n) is 6.86. The molecule has 0 heterocycles. The second kappa shape index (κ2) is 50.8. The number of carbonyl (C=O) groups is 2. The predicted octanol–water partition coefficient (Wildman–Crippen LogP) is 15.1. The minimum absolute atomic E-state index is 0.178. The van der Waals surface area contributed by atoms with Gasteiger partial charge in [-0.05, 0) is 89.9 Å². The van der Waals surface area contributed by atoms with E-state index in [0.717, 1.165) is 103 Å². The quantitative estimate of drug-likeness (QED) is 0.0233. The fourth-order valence-corrected chi connectivity index (χ4v) is 7.65. The lowest BCUT2D eigenvalue weighted by Gasteiger charge is -2.20. The molecule has 0 aromatic rings. The van der Waals surface area contributed by atoms with Crippen molar-refractivity contribution in [1.29, 1.82) is 0 Å². The van der Waals surface area contributed by atoms with Gasteiger partial charge < -0.3 is 24.6 Å². The van der Waals surface area contributed by atoms with Crippen LogP contribution in [0.1, 0.15) is 206 Å². The topological polar surface area (TPSA) is 149 Å². The Hall–Kier alpha value is -3.11. The summed E-state index contributed by atoms with van der Waals surface area (Å²) in [5, 5.41) is 19.3. The highest BCUT2D eigenvalue weighted by molar-refractivity contribution is 7.47. The van der Waals surface area contributed by atoms with E-state index in [4.69, 9.17) is 18.5 Å². The van der Waals surface area contributed by atoms with Crippen LogP contribution in [0.15, 0.2) is 97.2 Å². The third-order valence-electron chi connectivity index (χ3n) is 10.8. The van der Waals surface area contributed by atoms with Crippen LogP contribution in [-0.2, 0) is 32.7 Å². The lowest BCUT2D eigenvalue weighted by Crippen LogP contribution is -2.28. The molecule has 0 saturated heterocycles. The Balaban J connectivity index is 3.86. The zero-order chi connectivity index (χ0) is 49.0. The van der Waals surface area contributed by atoms with Crippen LogP contribution >= 0.6 is 7.82 Å². The maximum Gasteiger partial charge on any atom is 0.472 e. The van der Waals surface area contributed by atoms with Crippen molar-refractivity contribution < 1.29 is 47.8 Å². The largest absolute Gasteiger partial charge is 0.472 e. The molecule has 0 aromatic carbocycles. The monoisotopic (exact) mass is 959 g/mol. The van der Waals surface area contributed by atoms with Gasteiger partial charge in [-0.3, -0.25) is 18.6 Å². The number of aliphatic hydroxyl groups excluding tert-OH is 2. The van der Waals surface area contributed by atoms with Crippen LogP contribution in [0.4, 0.5) is 0 Å². The van der Waals surface area contributed by atoms with Gasteiger partial charge in [0.25, 0.3) is 0 Å². The van der Waals surface area contributed by atoms with E-state index in [1.165, 1.54) is 64.2 Å². The third-order valence-corrected chi connectivity index (χ3v) is 11.7. The minimum atomic E-state index is -4.65. The first kappa shape index (κ1) is 63.9. The van der Waals surface area contributed by atoms with Crippen LogP contribution < -0.4 is 0 Å². The van der Waals surface area contributed by atoms with E-state index in [-0.39, 0.29) is 12.8 Å².